The van der Waals surface area contributed by atoms with E-state index in [9.17, 15) is 0 Å². The van der Waals surface area contributed by atoms with Crippen molar-refractivity contribution in [3.63, 3.8) is 0 Å². The first kappa shape index (κ1) is 20.8. The number of halogens is 1. The van der Waals surface area contributed by atoms with Gasteiger partial charge in [-0.1, -0.05) is 11.6 Å². The summed E-state index contributed by atoms with van der Waals surface area (Å²) in [6, 6.07) is 3.18. The summed E-state index contributed by atoms with van der Waals surface area (Å²) in [5.74, 6) is 1.26. The number of anilines is 1. The molecule has 4 aromatic heterocycles. The first-order chi connectivity index (χ1) is 16.1. The zero-order chi connectivity index (χ0) is 22.4. The molecule has 1 aliphatic heterocycles. The minimum atomic E-state index is 0.427. The Morgan fingerprint density at radius 3 is 2.58 bits per heavy atom. The van der Waals surface area contributed by atoms with Crippen LogP contribution >= 0.6 is 11.6 Å². The Hall–Kier alpha value is -2.75. The van der Waals surface area contributed by atoms with Gasteiger partial charge in [0.1, 0.15) is 5.15 Å². The zero-order valence-electron chi connectivity index (χ0n) is 18.7. The SMILES string of the molecule is CN1CCN(C2CCC(Nc3ncc4c(-c5cnc6ncc(Cl)n6c5)ccn4n3)CC2)CC1. The standard InChI is InChI=1S/C23H28ClN9/c1-30-8-10-31(11-9-30)18-4-2-17(3-5-18)28-22-25-13-20-19(6-7-33(20)29-22)16-12-26-23-27-14-21(24)32(23)15-16/h6-7,12-15,17-18H,2-5,8-11H2,1H3,(H,28,29). The average molecular weight is 466 g/mol. The molecule has 9 nitrogen and oxygen atoms in total. The van der Waals surface area contributed by atoms with Crippen molar-refractivity contribution in [3.8, 4) is 11.1 Å². The number of nitrogens with one attached hydrogen (secondary N) is 1. The minimum absolute atomic E-state index is 0.427. The third kappa shape index (κ3) is 4.05. The van der Waals surface area contributed by atoms with Crippen molar-refractivity contribution < 1.29 is 0 Å². The predicted molar refractivity (Wildman–Crippen MR) is 129 cm³/mol. The van der Waals surface area contributed by atoms with E-state index in [0.717, 1.165) is 35.5 Å². The molecule has 0 spiro atoms. The van der Waals surface area contributed by atoms with Crippen LogP contribution in [0, 0.1) is 0 Å². The molecule has 0 unspecified atom stereocenters. The third-order valence-corrected chi connectivity index (χ3v) is 7.41. The first-order valence-electron chi connectivity index (χ1n) is 11.7. The smallest absolute Gasteiger partial charge is 0.241 e. The summed E-state index contributed by atoms with van der Waals surface area (Å²) in [6.45, 7) is 4.77. The zero-order valence-corrected chi connectivity index (χ0v) is 19.5. The molecule has 5 heterocycles. The second-order valence-corrected chi connectivity index (χ2v) is 9.61. The van der Waals surface area contributed by atoms with Gasteiger partial charge in [-0.25, -0.2) is 19.5 Å². The van der Waals surface area contributed by atoms with Crippen LogP contribution in [0.3, 0.4) is 0 Å². The van der Waals surface area contributed by atoms with Crippen molar-refractivity contribution in [3.05, 3.63) is 42.2 Å². The summed E-state index contributed by atoms with van der Waals surface area (Å²) >= 11 is 6.21. The van der Waals surface area contributed by atoms with E-state index in [1.54, 1.807) is 16.8 Å². The number of hydrogen-bond acceptors (Lipinski definition) is 7. The highest BCUT2D eigenvalue weighted by molar-refractivity contribution is 6.29. The van der Waals surface area contributed by atoms with Crippen LogP contribution in [0.15, 0.2) is 37.1 Å². The molecule has 0 aromatic carbocycles. The normalized spacial score (nSPS) is 22.8. The number of nitrogens with zero attached hydrogens (tertiary/aromatic N) is 8. The Morgan fingerprint density at radius 1 is 0.970 bits per heavy atom. The van der Waals surface area contributed by atoms with Crippen LogP contribution in [0.2, 0.25) is 5.15 Å². The topological polar surface area (TPSA) is 78.9 Å². The molecule has 0 bridgehead atoms. The van der Waals surface area contributed by atoms with Gasteiger partial charge in [0.05, 0.1) is 17.9 Å². The van der Waals surface area contributed by atoms with Crippen LogP contribution in [0.4, 0.5) is 5.95 Å². The number of rotatable bonds is 4. The molecule has 33 heavy (non-hydrogen) atoms. The summed E-state index contributed by atoms with van der Waals surface area (Å²) in [5, 5.41) is 8.82. The summed E-state index contributed by atoms with van der Waals surface area (Å²) in [6.07, 6.45) is 14.0. The van der Waals surface area contributed by atoms with E-state index in [4.69, 9.17) is 16.7 Å². The highest BCUT2D eigenvalue weighted by atomic mass is 35.5. The number of imidazole rings is 1. The molecule has 2 aliphatic rings. The Balaban J connectivity index is 1.14. The lowest BCUT2D eigenvalue weighted by Gasteiger charge is -2.41. The van der Waals surface area contributed by atoms with E-state index in [-0.39, 0.29) is 0 Å². The van der Waals surface area contributed by atoms with Gasteiger partial charge in [-0.2, -0.15) is 0 Å². The third-order valence-electron chi connectivity index (χ3n) is 7.13. The molecule has 6 rings (SSSR count). The molecule has 1 aliphatic carbocycles. The Kier molecular flexibility index (Phi) is 5.40. The molecule has 0 amide bonds. The molecule has 2 fully saturated rings. The average Bonchev–Trinajstić information content (AvgIpc) is 3.43. The fraction of sp³-hybridized carbons (Fsp3) is 0.478. The summed E-state index contributed by atoms with van der Waals surface area (Å²) in [4.78, 5) is 18.3. The van der Waals surface area contributed by atoms with E-state index >= 15 is 0 Å². The van der Waals surface area contributed by atoms with Gasteiger partial charge < -0.3 is 10.2 Å². The lowest BCUT2D eigenvalue weighted by atomic mass is 9.90. The molecule has 172 valence electrons. The summed E-state index contributed by atoms with van der Waals surface area (Å²) in [7, 11) is 2.22. The second kappa shape index (κ2) is 8.55. The van der Waals surface area contributed by atoms with Gasteiger partial charge in [-0.05, 0) is 38.8 Å². The van der Waals surface area contributed by atoms with Crippen molar-refractivity contribution in [2.75, 3.05) is 38.5 Å². The van der Waals surface area contributed by atoms with Gasteiger partial charge in [0.2, 0.25) is 11.7 Å². The molecule has 1 N–H and O–H groups in total. The van der Waals surface area contributed by atoms with E-state index < -0.39 is 0 Å². The predicted octanol–water partition coefficient (Wildman–Crippen LogP) is 3.06. The number of piperazine rings is 1. The number of aromatic nitrogens is 6. The molecule has 1 saturated carbocycles. The Morgan fingerprint density at radius 2 is 1.76 bits per heavy atom. The van der Waals surface area contributed by atoms with Crippen molar-refractivity contribution in [2.24, 2.45) is 0 Å². The number of likely N-dealkylation sites (N-methyl/N-ethyl adjacent to an activating group) is 1. The Labute approximate surface area is 197 Å². The fourth-order valence-corrected chi connectivity index (χ4v) is 5.32. The fourth-order valence-electron chi connectivity index (χ4n) is 5.15. The maximum Gasteiger partial charge on any atom is 0.241 e. The van der Waals surface area contributed by atoms with Gasteiger partial charge in [0.25, 0.3) is 0 Å². The summed E-state index contributed by atoms with van der Waals surface area (Å²) in [5.41, 5.74) is 2.88. The molecule has 0 atom stereocenters. The van der Waals surface area contributed by atoms with Gasteiger partial charge >= 0.3 is 0 Å². The minimum Gasteiger partial charge on any atom is -0.350 e. The van der Waals surface area contributed by atoms with E-state index in [1.165, 1.54) is 39.0 Å². The highest BCUT2D eigenvalue weighted by Crippen LogP contribution is 2.28. The maximum atomic E-state index is 6.21. The monoisotopic (exact) mass is 465 g/mol. The highest BCUT2D eigenvalue weighted by Gasteiger charge is 2.28. The van der Waals surface area contributed by atoms with Crippen molar-refractivity contribution >= 4 is 28.8 Å². The lowest BCUT2D eigenvalue weighted by Crippen LogP contribution is -2.50. The van der Waals surface area contributed by atoms with Gasteiger partial charge in [0.15, 0.2) is 0 Å². The molecule has 0 radical (unpaired) electrons. The maximum absolute atomic E-state index is 6.21. The molecular weight excluding hydrogens is 438 g/mol. The van der Waals surface area contributed by atoms with Crippen LogP contribution in [0.5, 0.6) is 0 Å². The Bertz CT molecular complexity index is 1270. The van der Waals surface area contributed by atoms with Crippen molar-refractivity contribution in [2.45, 2.75) is 37.8 Å². The largest absolute Gasteiger partial charge is 0.350 e. The second-order valence-electron chi connectivity index (χ2n) is 9.22. The van der Waals surface area contributed by atoms with Crippen molar-refractivity contribution in [1.82, 2.24) is 38.8 Å². The van der Waals surface area contributed by atoms with Gasteiger partial charge in [-0.3, -0.25) is 9.30 Å². The molecular formula is C23H28ClN9. The quantitative estimate of drug-likeness (QED) is 0.496. The van der Waals surface area contributed by atoms with E-state index in [0.29, 0.717) is 22.9 Å². The van der Waals surface area contributed by atoms with Crippen LogP contribution in [0.1, 0.15) is 25.7 Å². The van der Waals surface area contributed by atoms with Gasteiger partial charge in [-0.15, -0.1) is 5.10 Å². The molecule has 1 saturated heterocycles. The van der Waals surface area contributed by atoms with E-state index in [1.807, 2.05) is 29.2 Å². The van der Waals surface area contributed by atoms with Crippen LogP contribution < -0.4 is 5.32 Å². The summed E-state index contributed by atoms with van der Waals surface area (Å²) < 4.78 is 3.65. The molecule has 4 aromatic rings. The van der Waals surface area contributed by atoms with Crippen LogP contribution in [0.25, 0.3) is 22.4 Å². The van der Waals surface area contributed by atoms with Crippen molar-refractivity contribution in [1.29, 1.82) is 0 Å². The van der Waals surface area contributed by atoms with Crippen LogP contribution in [-0.4, -0.2) is 84.1 Å². The number of fused-ring (bicyclic) bond motifs is 2. The number of hydrogen-bond donors (Lipinski definition) is 1. The van der Waals surface area contributed by atoms with Gasteiger partial charge in [0, 0.05) is 68.0 Å². The molecule has 10 heteroatoms. The lowest BCUT2D eigenvalue weighted by molar-refractivity contribution is 0.0893. The first-order valence-corrected chi connectivity index (χ1v) is 12.0. The van der Waals surface area contributed by atoms with Crippen LogP contribution in [-0.2, 0) is 0 Å². The van der Waals surface area contributed by atoms with E-state index in [2.05, 4.69) is 37.1 Å².